The van der Waals surface area contributed by atoms with Crippen LogP contribution < -0.4 is 5.32 Å². The minimum absolute atomic E-state index is 0.0167. The molecule has 1 amide bonds. The maximum absolute atomic E-state index is 15.2. The number of likely N-dealkylation sites (tertiary alicyclic amines) is 1. The van der Waals surface area contributed by atoms with E-state index in [1.807, 2.05) is 50.4 Å². The first-order valence-electron chi connectivity index (χ1n) is 9.07. The third-order valence-corrected chi connectivity index (χ3v) is 5.63. The lowest BCUT2D eigenvalue weighted by Gasteiger charge is -2.36. The van der Waals surface area contributed by atoms with Gasteiger partial charge in [0.05, 0.1) is 12.1 Å². The van der Waals surface area contributed by atoms with Crippen LogP contribution in [0.15, 0.2) is 35.2 Å². The molecule has 144 valence electrons. The number of aryl methyl sites for hydroxylation is 2. The lowest BCUT2D eigenvalue weighted by atomic mass is 9.92. The van der Waals surface area contributed by atoms with Crippen LogP contribution in [0.2, 0.25) is 0 Å². The zero-order chi connectivity index (χ0) is 19.4. The van der Waals surface area contributed by atoms with Crippen LogP contribution in [0.1, 0.15) is 34.7 Å². The van der Waals surface area contributed by atoms with E-state index in [1.54, 1.807) is 16.7 Å². The number of amides is 1. The van der Waals surface area contributed by atoms with E-state index in [-0.39, 0.29) is 12.5 Å². The number of rotatable bonds is 5. The topological polar surface area (TPSA) is 58.1 Å². The van der Waals surface area contributed by atoms with Crippen molar-refractivity contribution in [3.63, 3.8) is 0 Å². The largest absolute Gasteiger partial charge is 0.367 e. The number of anilines is 1. The Balaban J connectivity index is 1.59. The quantitative estimate of drug-likeness (QED) is 0.788. The van der Waals surface area contributed by atoms with Crippen LogP contribution in [0, 0.1) is 13.8 Å². The van der Waals surface area contributed by atoms with E-state index >= 15 is 4.39 Å². The minimum atomic E-state index is -1.34. The second kappa shape index (κ2) is 8.25. The number of benzene rings is 1. The van der Waals surface area contributed by atoms with Gasteiger partial charge in [-0.1, -0.05) is 12.1 Å². The zero-order valence-electron chi connectivity index (χ0n) is 16.0. The van der Waals surface area contributed by atoms with E-state index in [1.165, 1.54) is 0 Å². The van der Waals surface area contributed by atoms with Crippen molar-refractivity contribution < 1.29 is 9.18 Å². The second-order valence-electron chi connectivity index (χ2n) is 6.94. The Morgan fingerprint density at radius 2 is 1.96 bits per heavy atom. The molecule has 0 atom stereocenters. The standard InChI is InChI=1S/C20H25FN4OS/c1-14-12-18(24-15(2)23-14)22-13-20(21)8-10-25(11-9-20)19(26)16-6-4-5-7-17(16)27-3/h4-7,12H,8-11,13H2,1-3H3,(H,22,23,24). The highest BCUT2D eigenvalue weighted by Gasteiger charge is 2.36. The van der Waals surface area contributed by atoms with Gasteiger partial charge in [0.15, 0.2) is 0 Å². The molecule has 0 spiro atoms. The third kappa shape index (κ3) is 4.77. The summed E-state index contributed by atoms with van der Waals surface area (Å²) in [6.07, 6.45) is 2.59. The Kier molecular flexibility index (Phi) is 5.99. The lowest BCUT2D eigenvalue weighted by Crippen LogP contribution is -2.47. The fraction of sp³-hybridized carbons (Fsp3) is 0.450. The third-order valence-electron chi connectivity index (χ3n) is 4.84. The first kappa shape index (κ1) is 19.6. The Hall–Kier alpha value is -2.15. The van der Waals surface area contributed by atoms with Crippen LogP contribution >= 0.6 is 11.8 Å². The lowest BCUT2D eigenvalue weighted by molar-refractivity contribution is 0.0480. The average Bonchev–Trinajstić information content (AvgIpc) is 2.66. The maximum Gasteiger partial charge on any atom is 0.254 e. The summed E-state index contributed by atoms with van der Waals surface area (Å²) in [7, 11) is 0. The molecule has 2 aromatic rings. The van der Waals surface area contributed by atoms with Gasteiger partial charge in [-0.15, -0.1) is 11.8 Å². The van der Waals surface area contributed by atoms with Gasteiger partial charge in [-0.05, 0) is 32.2 Å². The Bertz CT molecular complexity index is 801. The molecular formula is C20H25FN4OS. The van der Waals surface area contributed by atoms with Crippen molar-refractivity contribution in [2.45, 2.75) is 37.3 Å². The highest BCUT2D eigenvalue weighted by molar-refractivity contribution is 7.98. The van der Waals surface area contributed by atoms with Crippen molar-refractivity contribution in [3.8, 4) is 0 Å². The van der Waals surface area contributed by atoms with Gasteiger partial charge < -0.3 is 10.2 Å². The van der Waals surface area contributed by atoms with Crippen LogP contribution in [-0.2, 0) is 0 Å². The predicted octanol–water partition coefficient (Wildman–Crippen LogP) is 3.87. The van der Waals surface area contributed by atoms with E-state index in [4.69, 9.17) is 0 Å². The molecule has 27 heavy (non-hydrogen) atoms. The van der Waals surface area contributed by atoms with Gasteiger partial charge in [0.2, 0.25) is 0 Å². The molecule has 5 nitrogen and oxygen atoms in total. The SMILES string of the molecule is CSc1ccccc1C(=O)N1CCC(F)(CNc2cc(C)nc(C)n2)CC1. The fourth-order valence-electron chi connectivity index (χ4n) is 3.34. The predicted molar refractivity (Wildman–Crippen MR) is 107 cm³/mol. The number of nitrogens with zero attached hydrogens (tertiary/aromatic N) is 3. The highest BCUT2D eigenvalue weighted by atomic mass is 32.2. The molecule has 3 rings (SSSR count). The number of nitrogens with one attached hydrogen (secondary N) is 1. The summed E-state index contributed by atoms with van der Waals surface area (Å²) in [5.41, 5.74) is 0.204. The van der Waals surface area contributed by atoms with Crippen LogP contribution in [0.25, 0.3) is 0 Å². The number of carbonyl (C=O) groups is 1. The van der Waals surface area contributed by atoms with E-state index in [9.17, 15) is 4.79 Å². The van der Waals surface area contributed by atoms with Crippen LogP contribution in [0.3, 0.4) is 0 Å². The van der Waals surface area contributed by atoms with Gasteiger partial charge in [0, 0.05) is 42.6 Å². The second-order valence-corrected chi connectivity index (χ2v) is 7.79. The molecule has 7 heteroatoms. The first-order valence-corrected chi connectivity index (χ1v) is 10.3. The van der Waals surface area contributed by atoms with Crippen molar-refractivity contribution >= 4 is 23.5 Å². The van der Waals surface area contributed by atoms with Crippen LogP contribution in [0.4, 0.5) is 10.2 Å². The summed E-state index contributed by atoms with van der Waals surface area (Å²) < 4.78 is 15.2. The number of halogens is 1. The molecule has 1 aliphatic heterocycles. The monoisotopic (exact) mass is 388 g/mol. The Morgan fingerprint density at radius 3 is 2.63 bits per heavy atom. The van der Waals surface area contributed by atoms with Gasteiger partial charge in [-0.25, -0.2) is 14.4 Å². The van der Waals surface area contributed by atoms with Gasteiger partial charge in [0.1, 0.15) is 17.3 Å². The minimum Gasteiger partial charge on any atom is -0.367 e. The first-order chi connectivity index (χ1) is 12.9. The Labute approximate surface area is 163 Å². The summed E-state index contributed by atoms with van der Waals surface area (Å²) in [4.78, 5) is 24.0. The van der Waals surface area contributed by atoms with Crippen LogP contribution in [0.5, 0.6) is 0 Å². The molecule has 1 aromatic carbocycles. The van der Waals surface area contributed by atoms with Gasteiger partial charge in [-0.2, -0.15) is 0 Å². The van der Waals surface area contributed by atoms with Gasteiger partial charge >= 0.3 is 0 Å². The molecule has 1 N–H and O–H groups in total. The number of aromatic nitrogens is 2. The van der Waals surface area contributed by atoms with E-state index in [0.29, 0.717) is 43.1 Å². The summed E-state index contributed by atoms with van der Waals surface area (Å²) in [6, 6.07) is 9.39. The maximum atomic E-state index is 15.2. The van der Waals surface area contributed by atoms with Crippen molar-refractivity contribution in [2.24, 2.45) is 0 Å². The molecule has 1 aromatic heterocycles. The van der Waals surface area contributed by atoms with E-state index < -0.39 is 5.67 Å². The van der Waals surface area contributed by atoms with E-state index in [0.717, 1.165) is 10.6 Å². The molecule has 2 heterocycles. The van der Waals surface area contributed by atoms with Crippen molar-refractivity contribution in [2.75, 3.05) is 31.2 Å². The number of piperidine rings is 1. The summed E-state index contributed by atoms with van der Waals surface area (Å²) >= 11 is 1.55. The molecule has 0 radical (unpaired) electrons. The van der Waals surface area contributed by atoms with Crippen molar-refractivity contribution in [1.29, 1.82) is 0 Å². The molecular weight excluding hydrogens is 363 g/mol. The molecule has 0 saturated carbocycles. The molecule has 1 aliphatic rings. The zero-order valence-corrected chi connectivity index (χ0v) is 16.8. The van der Waals surface area contributed by atoms with Gasteiger partial charge in [0.25, 0.3) is 5.91 Å². The average molecular weight is 389 g/mol. The van der Waals surface area contributed by atoms with Gasteiger partial charge in [-0.3, -0.25) is 4.79 Å². The highest BCUT2D eigenvalue weighted by Crippen LogP contribution is 2.29. The normalized spacial score (nSPS) is 16.2. The smallest absolute Gasteiger partial charge is 0.254 e. The van der Waals surface area contributed by atoms with Crippen molar-refractivity contribution in [1.82, 2.24) is 14.9 Å². The summed E-state index contributed by atoms with van der Waals surface area (Å²) in [5.74, 6) is 1.29. The molecule has 0 bridgehead atoms. The summed E-state index contributed by atoms with van der Waals surface area (Å²) in [6.45, 7) is 4.73. The summed E-state index contributed by atoms with van der Waals surface area (Å²) in [5, 5.41) is 3.10. The number of hydrogen-bond donors (Lipinski definition) is 1. The molecule has 1 fully saturated rings. The Morgan fingerprint density at radius 1 is 1.26 bits per heavy atom. The van der Waals surface area contributed by atoms with E-state index in [2.05, 4.69) is 15.3 Å². The van der Waals surface area contributed by atoms with Crippen molar-refractivity contribution in [3.05, 3.63) is 47.4 Å². The molecule has 0 aliphatic carbocycles. The molecule has 0 unspecified atom stereocenters. The number of hydrogen-bond acceptors (Lipinski definition) is 5. The number of thioether (sulfide) groups is 1. The fourth-order valence-corrected chi connectivity index (χ4v) is 3.93. The van der Waals surface area contributed by atoms with Crippen LogP contribution in [-0.4, -0.2) is 52.3 Å². The molecule has 1 saturated heterocycles. The number of alkyl halides is 1. The number of carbonyl (C=O) groups excluding carboxylic acids is 1.